The average molecular weight is 340 g/mol. The zero-order valence-electron chi connectivity index (χ0n) is 13.9. The summed E-state index contributed by atoms with van der Waals surface area (Å²) in [5, 5.41) is 1.84. The Morgan fingerprint density at radius 3 is 2.91 bits per heavy atom. The Morgan fingerprint density at radius 2 is 2.22 bits per heavy atom. The van der Waals surface area contributed by atoms with Gasteiger partial charge < -0.3 is 19.3 Å². The van der Waals surface area contributed by atoms with Crippen molar-refractivity contribution >= 4 is 23.2 Å². The third-order valence-electron chi connectivity index (χ3n) is 4.11. The molecule has 1 aromatic rings. The maximum Gasteiger partial charge on any atom is 0.267 e. The fourth-order valence-electron chi connectivity index (χ4n) is 2.77. The van der Waals surface area contributed by atoms with Gasteiger partial charge in [-0.2, -0.15) is 0 Å². The highest BCUT2D eigenvalue weighted by atomic mass is 32.1. The van der Waals surface area contributed by atoms with Crippen LogP contribution in [0, 0.1) is 5.92 Å². The first-order valence-electron chi connectivity index (χ1n) is 7.73. The van der Waals surface area contributed by atoms with Gasteiger partial charge in [-0.15, -0.1) is 11.3 Å². The number of carbonyl (C=O) groups excluding carboxylic acids is 2. The largest absolute Gasteiger partial charge is 0.495 e. The molecule has 0 unspecified atom stereocenters. The number of thiophene rings is 1. The Labute approximate surface area is 141 Å². The molecule has 0 spiro atoms. The van der Waals surface area contributed by atoms with Crippen molar-refractivity contribution in [1.29, 1.82) is 0 Å². The van der Waals surface area contributed by atoms with E-state index in [0.717, 1.165) is 12.8 Å². The third-order valence-corrected chi connectivity index (χ3v) is 4.99. The molecule has 1 aliphatic rings. The highest BCUT2D eigenvalue weighted by Gasteiger charge is 2.31. The summed E-state index contributed by atoms with van der Waals surface area (Å²) < 4.78 is 10.2. The van der Waals surface area contributed by atoms with Gasteiger partial charge in [0.25, 0.3) is 5.91 Å². The van der Waals surface area contributed by atoms with Crippen molar-refractivity contribution in [3.05, 3.63) is 16.3 Å². The van der Waals surface area contributed by atoms with Gasteiger partial charge in [-0.1, -0.05) is 0 Å². The molecular formula is C16H24N2O4S. The molecule has 2 amide bonds. The number of hydrogen-bond acceptors (Lipinski definition) is 5. The number of likely N-dealkylation sites (N-methyl/N-ethyl adjacent to an activating group) is 1. The van der Waals surface area contributed by atoms with Crippen molar-refractivity contribution in [3.63, 3.8) is 0 Å². The lowest BCUT2D eigenvalue weighted by Crippen LogP contribution is -2.46. The van der Waals surface area contributed by atoms with Crippen LogP contribution in [0.4, 0.5) is 0 Å². The third kappa shape index (κ3) is 4.23. The smallest absolute Gasteiger partial charge is 0.267 e. The van der Waals surface area contributed by atoms with E-state index in [9.17, 15) is 9.59 Å². The first kappa shape index (κ1) is 17.7. The Bertz CT molecular complexity index is 546. The minimum atomic E-state index is -0.138. The highest BCUT2D eigenvalue weighted by Crippen LogP contribution is 2.28. The maximum absolute atomic E-state index is 12.7. The van der Waals surface area contributed by atoms with Gasteiger partial charge in [-0.25, -0.2) is 0 Å². The van der Waals surface area contributed by atoms with Crippen LogP contribution in [0.5, 0.6) is 5.75 Å². The standard InChI is InChI=1S/C16H24N2O4S/c1-17(8-9-21-2)15(19)12-5-4-7-18(11-12)16(20)14-13(22-3)6-10-23-14/h6,10,12H,4-5,7-9,11H2,1-3H3/t12-/m0/s1. The van der Waals surface area contributed by atoms with E-state index in [1.54, 1.807) is 37.1 Å². The molecule has 23 heavy (non-hydrogen) atoms. The Balaban J connectivity index is 2.00. The molecular weight excluding hydrogens is 316 g/mol. The van der Waals surface area contributed by atoms with Crippen LogP contribution in [-0.2, 0) is 9.53 Å². The first-order valence-corrected chi connectivity index (χ1v) is 8.61. The summed E-state index contributed by atoms with van der Waals surface area (Å²) in [6.45, 7) is 2.24. The molecule has 0 aliphatic carbocycles. The molecule has 0 saturated carbocycles. The second-order valence-corrected chi connectivity index (χ2v) is 6.58. The SMILES string of the molecule is COCCN(C)C(=O)[C@H]1CCCN(C(=O)c2sccc2OC)C1. The van der Waals surface area contributed by atoms with Crippen molar-refractivity contribution in [2.75, 3.05) is 47.5 Å². The van der Waals surface area contributed by atoms with E-state index in [1.165, 1.54) is 11.3 Å². The maximum atomic E-state index is 12.7. The molecule has 2 heterocycles. The Morgan fingerprint density at radius 1 is 1.43 bits per heavy atom. The van der Waals surface area contributed by atoms with Gasteiger partial charge >= 0.3 is 0 Å². The molecule has 0 aromatic carbocycles. The van der Waals surface area contributed by atoms with E-state index in [-0.39, 0.29) is 17.7 Å². The average Bonchev–Trinajstić information content (AvgIpc) is 3.07. The van der Waals surface area contributed by atoms with Gasteiger partial charge in [-0.3, -0.25) is 9.59 Å². The number of carbonyl (C=O) groups is 2. The molecule has 0 bridgehead atoms. The monoisotopic (exact) mass is 340 g/mol. The first-order chi connectivity index (χ1) is 11.1. The van der Waals surface area contributed by atoms with E-state index >= 15 is 0 Å². The second-order valence-electron chi connectivity index (χ2n) is 5.66. The summed E-state index contributed by atoms with van der Waals surface area (Å²) in [6, 6.07) is 1.79. The number of piperidine rings is 1. The summed E-state index contributed by atoms with van der Waals surface area (Å²) in [5.74, 6) is 0.498. The van der Waals surface area contributed by atoms with Gasteiger partial charge in [0.15, 0.2) is 0 Å². The van der Waals surface area contributed by atoms with Crippen LogP contribution in [0.3, 0.4) is 0 Å². The van der Waals surface area contributed by atoms with Crippen LogP contribution in [0.25, 0.3) is 0 Å². The topological polar surface area (TPSA) is 59.1 Å². The minimum Gasteiger partial charge on any atom is -0.495 e. The molecule has 1 aliphatic heterocycles. The predicted molar refractivity (Wildman–Crippen MR) is 89.0 cm³/mol. The number of rotatable bonds is 6. The zero-order valence-corrected chi connectivity index (χ0v) is 14.7. The molecule has 0 radical (unpaired) electrons. The number of amides is 2. The normalized spacial score (nSPS) is 17.9. The summed E-state index contributed by atoms with van der Waals surface area (Å²) in [7, 11) is 4.96. The van der Waals surface area contributed by atoms with Gasteiger partial charge in [0, 0.05) is 33.8 Å². The second kappa shape index (κ2) is 8.31. The number of likely N-dealkylation sites (tertiary alicyclic amines) is 1. The zero-order chi connectivity index (χ0) is 16.8. The molecule has 1 saturated heterocycles. The van der Waals surface area contributed by atoms with Crippen molar-refractivity contribution in [3.8, 4) is 5.75 Å². The number of nitrogens with zero attached hydrogens (tertiary/aromatic N) is 2. The lowest BCUT2D eigenvalue weighted by molar-refractivity contribution is -0.136. The molecule has 1 aromatic heterocycles. The number of hydrogen-bond donors (Lipinski definition) is 0. The van der Waals surface area contributed by atoms with E-state index in [0.29, 0.717) is 36.9 Å². The highest BCUT2D eigenvalue weighted by molar-refractivity contribution is 7.12. The summed E-state index contributed by atoms with van der Waals surface area (Å²) in [5.41, 5.74) is 0. The van der Waals surface area contributed by atoms with Crippen LogP contribution < -0.4 is 4.74 Å². The molecule has 0 N–H and O–H groups in total. The summed E-state index contributed by atoms with van der Waals surface area (Å²) >= 11 is 1.37. The molecule has 1 atom stereocenters. The van der Waals surface area contributed by atoms with Gasteiger partial charge in [0.1, 0.15) is 10.6 Å². The predicted octanol–water partition coefficient (Wildman–Crippen LogP) is 1.71. The van der Waals surface area contributed by atoms with E-state index in [2.05, 4.69) is 0 Å². The fourth-order valence-corrected chi connectivity index (χ4v) is 3.60. The van der Waals surface area contributed by atoms with Crippen LogP contribution in [-0.4, -0.2) is 69.1 Å². The molecule has 128 valence electrons. The molecule has 6 nitrogen and oxygen atoms in total. The molecule has 7 heteroatoms. The van der Waals surface area contributed by atoms with E-state index in [1.807, 2.05) is 5.38 Å². The van der Waals surface area contributed by atoms with Crippen molar-refractivity contribution in [2.45, 2.75) is 12.8 Å². The van der Waals surface area contributed by atoms with Crippen LogP contribution >= 0.6 is 11.3 Å². The molecule has 2 rings (SSSR count). The Kier molecular flexibility index (Phi) is 6.41. The number of methoxy groups -OCH3 is 2. The Hall–Kier alpha value is -1.60. The number of ether oxygens (including phenoxy) is 2. The molecule has 1 fully saturated rings. The van der Waals surface area contributed by atoms with E-state index < -0.39 is 0 Å². The lowest BCUT2D eigenvalue weighted by Gasteiger charge is -2.33. The van der Waals surface area contributed by atoms with Crippen molar-refractivity contribution in [1.82, 2.24) is 9.80 Å². The minimum absolute atomic E-state index is 0.0473. The van der Waals surface area contributed by atoms with Crippen molar-refractivity contribution < 1.29 is 19.1 Å². The van der Waals surface area contributed by atoms with Crippen molar-refractivity contribution in [2.24, 2.45) is 5.92 Å². The van der Waals surface area contributed by atoms with Crippen LogP contribution in [0.15, 0.2) is 11.4 Å². The van der Waals surface area contributed by atoms with Crippen LogP contribution in [0.1, 0.15) is 22.5 Å². The summed E-state index contributed by atoms with van der Waals surface area (Å²) in [6.07, 6.45) is 1.66. The van der Waals surface area contributed by atoms with E-state index in [4.69, 9.17) is 9.47 Å². The summed E-state index contributed by atoms with van der Waals surface area (Å²) in [4.78, 5) is 29.2. The fraction of sp³-hybridized carbons (Fsp3) is 0.625. The van der Waals surface area contributed by atoms with Crippen LogP contribution in [0.2, 0.25) is 0 Å². The quantitative estimate of drug-likeness (QED) is 0.791. The van der Waals surface area contributed by atoms with Gasteiger partial charge in [-0.05, 0) is 24.3 Å². The van der Waals surface area contributed by atoms with Gasteiger partial charge in [0.05, 0.1) is 19.6 Å². The lowest BCUT2D eigenvalue weighted by atomic mass is 9.96. The van der Waals surface area contributed by atoms with Gasteiger partial charge in [0.2, 0.25) is 5.91 Å².